The third-order valence-corrected chi connectivity index (χ3v) is 4.02. The van der Waals surface area contributed by atoms with Crippen LogP contribution in [0.5, 0.6) is 11.5 Å². The van der Waals surface area contributed by atoms with Gasteiger partial charge in [0, 0.05) is 24.3 Å². The number of rotatable bonds is 5. The number of esters is 1. The van der Waals surface area contributed by atoms with Crippen LogP contribution in [0, 0.1) is 5.82 Å². The van der Waals surface area contributed by atoms with Gasteiger partial charge in [-0.2, -0.15) is 0 Å². The number of hydrogen-bond donors (Lipinski definition) is 1. The molecule has 0 saturated carbocycles. The lowest BCUT2D eigenvalue weighted by molar-refractivity contribution is -0.142. The molecule has 0 aromatic heterocycles. The van der Waals surface area contributed by atoms with E-state index in [1.165, 1.54) is 24.3 Å². The van der Waals surface area contributed by atoms with Crippen LogP contribution in [0.15, 0.2) is 42.5 Å². The molecule has 0 saturated heterocycles. The summed E-state index contributed by atoms with van der Waals surface area (Å²) in [5, 5.41) is 2.57. The number of carbonyl (C=O) groups excluding carboxylic acids is 2. The summed E-state index contributed by atoms with van der Waals surface area (Å²) in [5.41, 5.74) is 1.03. The van der Waals surface area contributed by atoms with E-state index in [1.54, 1.807) is 18.2 Å². The lowest BCUT2D eigenvalue weighted by Gasteiger charge is -2.10. The number of amides is 1. The molecule has 3 rings (SSSR count). The van der Waals surface area contributed by atoms with E-state index in [9.17, 15) is 14.0 Å². The molecule has 2 aromatic carbocycles. The molecule has 0 atom stereocenters. The Balaban J connectivity index is 1.49. The van der Waals surface area contributed by atoms with Crippen LogP contribution >= 0.6 is 11.6 Å². The monoisotopic (exact) mass is 405 g/mol. The van der Waals surface area contributed by atoms with E-state index < -0.39 is 24.3 Å². The van der Waals surface area contributed by atoms with E-state index in [4.69, 9.17) is 25.8 Å². The molecule has 28 heavy (non-hydrogen) atoms. The molecule has 1 aliphatic rings. The summed E-state index contributed by atoms with van der Waals surface area (Å²) in [6, 6.07) is 9.05. The number of nitrogens with one attached hydrogen (secondary N) is 1. The van der Waals surface area contributed by atoms with E-state index >= 15 is 0 Å². The van der Waals surface area contributed by atoms with Crippen LogP contribution in [-0.4, -0.2) is 31.7 Å². The van der Waals surface area contributed by atoms with Crippen molar-refractivity contribution in [2.24, 2.45) is 0 Å². The number of ether oxygens (including phenoxy) is 3. The lowest BCUT2D eigenvalue weighted by Crippen LogP contribution is -2.20. The first-order valence-corrected chi connectivity index (χ1v) is 8.88. The zero-order valence-electron chi connectivity index (χ0n) is 14.7. The highest BCUT2D eigenvalue weighted by atomic mass is 35.5. The quantitative estimate of drug-likeness (QED) is 0.604. The first kappa shape index (κ1) is 19.7. The summed E-state index contributed by atoms with van der Waals surface area (Å²) < 4.78 is 29.1. The third-order valence-electron chi connectivity index (χ3n) is 3.73. The second kappa shape index (κ2) is 9.23. The zero-order chi connectivity index (χ0) is 19.9. The van der Waals surface area contributed by atoms with Crippen molar-refractivity contribution in [2.45, 2.75) is 6.42 Å². The maximum atomic E-state index is 13.1. The van der Waals surface area contributed by atoms with Gasteiger partial charge in [-0.3, -0.25) is 4.79 Å². The molecular weight excluding hydrogens is 389 g/mol. The summed E-state index contributed by atoms with van der Waals surface area (Å²) >= 11 is 5.67. The van der Waals surface area contributed by atoms with Gasteiger partial charge in [-0.15, -0.1) is 0 Å². The average molecular weight is 406 g/mol. The Morgan fingerprint density at radius 3 is 2.71 bits per heavy atom. The second-order valence-corrected chi connectivity index (χ2v) is 6.28. The standard InChI is InChI=1S/C20H17ClFNO5/c21-15-10-13(2-5-16(15)22)3-7-20(25)28-12-19(24)23-14-4-6-17-18(11-14)27-9-1-8-26-17/h2-7,10-11H,1,8-9,12H2,(H,23,24)/b7-3+. The van der Waals surface area contributed by atoms with E-state index in [-0.39, 0.29) is 5.02 Å². The fraction of sp³-hybridized carbons (Fsp3) is 0.200. The van der Waals surface area contributed by atoms with Crippen molar-refractivity contribution in [3.8, 4) is 11.5 Å². The second-order valence-electron chi connectivity index (χ2n) is 5.87. The Morgan fingerprint density at radius 2 is 1.93 bits per heavy atom. The molecule has 1 aliphatic heterocycles. The molecule has 6 nitrogen and oxygen atoms in total. The Kier molecular flexibility index (Phi) is 6.49. The molecule has 0 bridgehead atoms. The third kappa shape index (κ3) is 5.47. The Labute approximate surface area is 165 Å². The van der Waals surface area contributed by atoms with Gasteiger partial charge in [0.05, 0.1) is 18.2 Å². The van der Waals surface area contributed by atoms with E-state index in [0.717, 1.165) is 12.5 Å². The summed E-state index contributed by atoms with van der Waals surface area (Å²) in [6.45, 7) is 0.654. The number of fused-ring (bicyclic) bond motifs is 1. The Hall–Kier alpha value is -3.06. The molecule has 1 N–H and O–H groups in total. The van der Waals surface area contributed by atoms with Crippen molar-refractivity contribution < 1.29 is 28.2 Å². The van der Waals surface area contributed by atoms with Crippen molar-refractivity contribution in [3.63, 3.8) is 0 Å². The van der Waals surface area contributed by atoms with E-state index in [2.05, 4.69) is 5.32 Å². The molecule has 1 amide bonds. The van der Waals surface area contributed by atoms with E-state index in [0.29, 0.717) is 36.0 Å². The maximum absolute atomic E-state index is 13.1. The minimum atomic E-state index is -0.714. The molecule has 2 aromatic rings. The first-order chi connectivity index (χ1) is 13.5. The highest BCUT2D eigenvalue weighted by molar-refractivity contribution is 6.30. The molecule has 0 spiro atoms. The van der Waals surface area contributed by atoms with Gasteiger partial charge in [0.1, 0.15) is 5.82 Å². The van der Waals surface area contributed by atoms with Gasteiger partial charge in [-0.05, 0) is 35.9 Å². The van der Waals surface area contributed by atoms with Gasteiger partial charge in [0.15, 0.2) is 18.1 Å². The zero-order valence-corrected chi connectivity index (χ0v) is 15.5. The molecule has 146 valence electrons. The van der Waals surface area contributed by atoms with Crippen molar-refractivity contribution >= 4 is 35.2 Å². The van der Waals surface area contributed by atoms with Crippen LogP contribution in [0.25, 0.3) is 6.08 Å². The highest BCUT2D eigenvalue weighted by Crippen LogP contribution is 2.32. The fourth-order valence-electron chi connectivity index (χ4n) is 2.40. The molecule has 0 unspecified atom stereocenters. The van der Waals surface area contributed by atoms with Crippen molar-refractivity contribution in [2.75, 3.05) is 25.1 Å². The van der Waals surface area contributed by atoms with Crippen molar-refractivity contribution in [1.29, 1.82) is 0 Å². The fourth-order valence-corrected chi connectivity index (χ4v) is 2.59. The molecule has 8 heteroatoms. The smallest absolute Gasteiger partial charge is 0.331 e. The van der Waals surface area contributed by atoms with Crippen LogP contribution in [0.4, 0.5) is 10.1 Å². The lowest BCUT2D eigenvalue weighted by atomic mass is 10.2. The van der Waals surface area contributed by atoms with Gasteiger partial charge < -0.3 is 19.5 Å². The first-order valence-electron chi connectivity index (χ1n) is 8.50. The molecule has 1 heterocycles. The van der Waals surface area contributed by atoms with Crippen molar-refractivity contribution in [3.05, 3.63) is 58.9 Å². The topological polar surface area (TPSA) is 73.9 Å². The minimum Gasteiger partial charge on any atom is -0.490 e. The number of carbonyl (C=O) groups is 2. The number of anilines is 1. The van der Waals surface area contributed by atoms with Crippen LogP contribution < -0.4 is 14.8 Å². The number of hydrogen-bond acceptors (Lipinski definition) is 5. The molecular formula is C20H17ClFNO5. The Morgan fingerprint density at radius 1 is 1.14 bits per heavy atom. The van der Waals surface area contributed by atoms with E-state index in [1.807, 2.05) is 0 Å². The maximum Gasteiger partial charge on any atom is 0.331 e. The SMILES string of the molecule is O=C(COC(=O)/C=C/c1ccc(F)c(Cl)c1)Nc1ccc2c(c1)OCCCO2. The van der Waals surface area contributed by atoms with Crippen LogP contribution in [0.3, 0.4) is 0 Å². The van der Waals surface area contributed by atoms with Crippen LogP contribution in [-0.2, 0) is 14.3 Å². The van der Waals surface area contributed by atoms with Gasteiger partial charge in [0.2, 0.25) is 0 Å². The Bertz CT molecular complexity index is 915. The molecule has 0 aliphatic carbocycles. The van der Waals surface area contributed by atoms with Crippen molar-refractivity contribution in [1.82, 2.24) is 0 Å². The van der Waals surface area contributed by atoms with Gasteiger partial charge in [0.25, 0.3) is 5.91 Å². The summed E-state index contributed by atoms with van der Waals surface area (Å²) in [5.74, 6) is -0.593. The molecule has 0 fully saturated rings. The number of benzene rings is 2. The van der Waals surface area contributed by atoms with Gasteiger partial charge >= 0.3 is 5.97 Å². The van der Waals surface area contributed by atoms with Gasteiger partial charge in [-0.25, -0.2) is 9.18 Å². The highest BCUT2D eigenvalue weighted by Gasteiger charge is 2.12. The van der Waals surface area contributed by atoms with Crippen LogP contribution in [0.2, 0.25) is 5.02 Å². The van der Waals surface area contributed by atoms with Crippen LogP contribution in [0.1, 0.15) is 12.0 Å². The summed E-state index contributed by atoms with van der Waals surface area (Å²) in [6.07, 6.45) is 3.32. The number of halogens is 2. The summed E-state index contributed by atoms with van der Waals surface area (Å²) in [7, 11) is 0. The predicted octanol–water partition coefficient (Wildman–Crippen LogP) is 3.84. The minimum absolute atomic E-state index is 0.0509. The summed E-state index contributed by atoms with van der Waals surface area (Å²) in [4.78, 5) is 23.7. The predicted molar refractivity (Wildman–Crippen MR) is 102 cm³/mol. The van der Waals surface area contributed by atoms with Gasteiger partial charge in [-0.1, -0.05) is 17.7 Å². The average Bonchev–Trinajstić information content (AvgIpc) is 2.92. The largest absolute Gasteiger partial charge is 0.490 e. The molecule has 0 radical (unpaired) electrons. The normalized spacial score (nSPS) is 13.1.